The summed E-state index contributed by atoms with van der Waals surface area (Å²) >= 11 is 0. The van der Waals surface area contributed by atoms with Gasteiger partial charge in [-0.3, -0.25) is 4.79 Å². The van der Waals surface area contributed by atoms with Gasteiger partial charge in [0.15, 0.2) is 5.78 Å². The predicted octanol–water partition coefficient (Wildman–Crippen LogP) is 1.26. The molecule has 1 rings (SSSR count). The number of carbonyl (C=O) groups is 1. The first-order chi connectivity index (χ1) is 6.20. The van der Waals surface area contributed by atoms with Crippen LogP contribution in [0.25, 0.3) is 0 Å². The van der Waals surface area contributed by atoms with Crippen molar-refractivity contribution < 1.29 is 14.3 Å². The van der Waals surface area contributed by atoms with E-state index in [4.69, 9.17) is 9.47 Å². The zero-order chi connectivity index (χ0) is 9.68. The highest BCUT2D eigenvalue weighted by Gasteiger charge is 2.23. The van der Waals surface area contributed by atoms with Crippen LogP contribution < -0.4 is 0 Å². The first-order valence-electron chi connectivity index (χ1n) is 4.88. The maximum Gasteiger partial charge on any atom is 0.163 e. The molecule has 0 bridgehead atoms. The van der Waals surface area contributed by atoms with Gasteiger partial charge in [0.1, 0.15) is 6.61 Å². The minimum Gasteiger partial charge on any atom is -0.381 e. The number of ketones is 1. The molecular weight excluding hydrogens is 168 g/mol. The Kier molecular flexibility index (Phi) is 4.39. The Hall–Kier alpha value is -0.410. The average molecular weight is 186 g/mol. The molecule has 0 spiro atoms. The molecule has 1 unspecified atom stereocenters. The molecule has 1 fully saturated rings. The van der Waals surface area contributed by atoms with E-state index in [-0.39, 0.29) is 18.3 Å². The maximum atomic E-state index is 11.4. The third kappa shape index (κ3) is 3.87. The second-order valence-corrected chi connectivity index (χ2v) is 3.94. The quantitative estimate of drug-likeness (QED) is 0.648. The third-order valence-electron chi connectivity index (χ3n) is 2.08. The number of rotatable bonds is 5. The smallest absolute Gasteiger partial charge is 0.163 e. The lowest BCUT2D eigenvalue weighted by Crippen LogP contribution is -2.21. The zero-order valence-corrected chi connectivity index (χ0v) is 8.41. The summed E-state index contributed by atoms with van der Waals surface area (Å²) in [6, 6.07) is 0. The molecule has 1 heterocycles. The summed E-state index contributed by atoms with van der Waals surface area (Å²) in [5.41, 5.74) is 0. The summed E-state index contributed by atoms with van der Waals surface area (Å²) in [5.74, 6) is 0.776. The minimum absolute atomic E-state index is 0.0900. The molecule has 1 atom stereocenters. The van der Waals surface area contributed by atoms with Gasteiger partial charge in [0.2, 0.25) is 0 Å². The van der Waals surface area contributed by atoms with Crippen LogP contribution in [-0.2, 0) is 14.3 Å². The highest BCUT2D eigenvalue weighted by molar-refractivity contribution is 5.82. The van der Waals surface area contributed by atoms with Crippen molar-refractivity contribution in [2.75, 3.05) is 26.4 Å². The van der Waals surface area contributed by atoms with Crippen LogP contribution in [0.2, 0.25) is 0 Å². The monoisotopic (exact) mass is 186 g/mol. The first-order valence-corrected chi connectivity index (χ1v) is 4.88. The number of ether oxygens (including phenoxy) is 2. The molecule has 0 aromatic heterocycles. The molecule has 0 saturated carbocycles. The molecule has 0 N–H and O–H groups in total. The van der Waals surface area contributed by atoms with Crippen LogP contribution in [0.1, 0.15) is 20.3 Å². The SMILES string of the molecule is CC(C)COCC(=O)C1CCOC1. The minimum atomic E-state index is 0.0900. The fourth-order valence-electron chi connectivity index (χ4n) is 1.30. The third-order valence-corrected chi connectivity index (χ3v) is 2.08. The van der Waals surface area contributed by atoms with E-state index >= 15 is 0 Å². The molecule has 0 aliphatic carbocycles. The number of hydrogen-bond acceptors (Lipinski definition) is 3. The summed E-state index contributed by atoms with van der Waals surface area (Å²) in [6.45, 7) is 6.38. The maximum absolute atomic E-state index is 11.4. The summed E-state index contributed by atoms with van der Waals surface area (Å²) < 4.78 is 10.4. The number of hydrogen-bond donors (Lipinski definition) is 0. The lowest BCUT2D eigenvalue weighted by molar-refractivity contribution is -0.127. The van der Waals surface area contributed by atoms with E-state index in [1.807, 2.05) is 0 Å². The highest BCUT2D eigenvalue weighted by atomic mass is 16.5. The molecule has 0 radical (unpaired) electrons. The van der Waals surface area contributed by atoms with Crippen molar-refractivity contribution in [1.82, 2.24) is 0 Å². The molecule has 76 valence electrons. The van der Waals surface area contributed by atoms with E-state index in [0.29, 0.717) is 19.1 Å². The Labute approximate surface area is 79.4 Å². The van der Waals surface area contributed by atoms with Crippen LogP contribution in [0, 0.1) is 11.8 Å². The van der Waals surface area contributed by atoms with Crippen molar-refractivity contribution >= 4 is 5.78 Å². The van der Waals surface area contributed by atoms with E-state index in [9.17, 15) is 4.79 Å². The van der Waals surface area contributed by atoms with Crippen molar-refractivity contribution in [3.8, 4) is 0 Å². The van der Waals surface area contributed by atoms with Gasteiger partial charge >= 0.3 is 0 Å². The molecule has 0 aromatic rings. The fraction of sp³-hybridized carbons (Fsp3) is 0.900. The number of carbonyl (C=O) groups excluding carboxylic acids is 1. The molecule has 1 saturated heterocycles. The Morgan fingerprint density at radius 2 is 2.38 bits per heavy atom. The molecule has 3 heteroatoms. The van der Waals surface area contributed by atoms with Crippen LogP contribution in [0.15, 0.2) is 0 Å². The van der Waals surface area contributed by atoms with Crippen molar-refractivity contribution in [2.24, 2.45) is 11.8 Å². The molecule has 0 aromatic carbocycles. The topological polar surface area (TPSA) is 35.5 Å². The van der Waals surface area contributed by atoms with Crippen molar-refractivity contribution in [3.63, 3.8) is 0 Å². The number of Topliss-reactive ketones (excluding diaryl/α,β-unsaturated/α-hetero) is 1. The van der Waals surface area contributed by atoms with Crippen LogP contribution in [0.4, 0.5) is 0 Å². The van der Waals surface area contributed by atoms with Gasteiger partial charge in [0.25, 0.3) is 0 Å². The predicted molar refractivity (Wildman–Crippen MR) is 49.6 cm³/mol. The summed E-state index contributed by atoms with van der Waals surface area (Å²) in [7, 11) is 0. The van der Waals surface area contributed by atoms with Crippen LogP contribution >= 0.6 is 0 Å². The van der Waals surface area contributed by atoms with Gasteiger partial charge in [-0.15, -0.1) is 0 Å². The van der Waals surface area contributed by atoms with Crippen molar-refractivity contribution in [1.29, 1.82) is 0 Å². The van der Waals surface area contributed by atoms with E-state index in [0.717, 1.165) is 13.0 Å². The second-order valence-electron chi connectivity index (χ2n) is 3.94. The van der Waals surface area contributed by atoms with Crippen LogP contribution in [-0.4, -0.2) is 32.2 Å². The molecular formula is C10H18O3. The lowest BCUT2D eigenvalue weighted by Gasteiger charge is -2.08. The van der Waals surface area contributed by atoms with Gasteiger partial charge in [-0.05, 0) is 12.3 Å². The fourth-order valence-corrected chi connectivity index (χ4v) is 1.30. The second kappa shape index (κ2) is 5.35. The lowest BCUT2D eigenvalue weighted by atomic mass is 10.0. The normalized spacial score (nSPS) is 22.5. The Bertz CT molecular complexity index is 160. The molecule has 1 aliphatic rings. The van der Waals surface area contributed by atoms with Gasteiger partial charge in [-0.25, -0.2) is 0 Å². The Morgan fingerprint density at radius 3 is 2.92 bits per heavy atom. The Balaban J connectivity index is 2.10. The van der Waals surface area contributed by atoms with Crippen molar-refractivity contribution in [3.05, 3.63) is 0 Å². The van der Waals surface area contributed by atoms with E-state index in [1.54, 1.807) is 0 Å². The summed E-state index contributed by atoms with van der Waals surface area (Å²) in [4.78, 5) is 11.4. The molecule has 3 nitrogen and oxygen atoms in total. The van der Waals surface area contributed by atoms with Gasteiger partial charge in [-0.2, -0.15) is 0 Å². The molecule has 0 amide bonds. The van der Waals surface area contributed by atoms with Crippen LogP contribution in [0.5, 0.6) is 0 Å². The Morgan fingerprint density at radius 1 is 1.62 bits per heavy atom. The van der Waals surface area contributed by atoms with Crippen molar-refractivity contribution in [2.45, 2.75) is 20.3 Å². The average Bonchev–Trinajstić information content (AvgIpc) is 2.55. The highest BCUT2D eigenvalue weighted by Crippen LogP contribution is 2.13. The van der Waals surface area contributed by atoms with E-state index in [1.165, 1.54) is 0 Å². The summed E-state index contributed by atoms with van der Waals surface area (Å²) in [5, 5.41) is 0. The van der Waals surface area contributed by atoms with Gasteiger partial charge in [-0.1, -0.05) is 13.8 Å². The standard InChI is InChI=1S/C10H18O3/c1-8(2)5-13-7-10(11)9-3-4-12-6-9/h8-9H,3-7H2,1-2H3. The van der Waals surface area contributed by atoms with Crippen LogP contribution in [0.3, 0.4) is 0 Å². The molecule has 13 heavy (non-hydrogen) atoms. The van der Waals surface area contributed by atoms with Gasteiger partial charge < -0.3 is 9.47 Å². The first kappa shape index (κ1) is 10.7. The van der Waals surface area contributed by atoms with Gasteiger partial charge in [0.05, 0.1) is 6.61 Å². The van der Waals surface area contributed by atoms with Gasteiger partial charge in [0, 0.05) is 19.1 Å². The van der Waals surface area contributed by atoms with E-state index < -0.39 is 0 Å². The zero-order valence-electron chi connectivity index (χ0n) is 8.41. The largest absolute Gasteiger partial charge is 0.381 e. The molecule has 1 aliphatic heterocycles. The summed E-state index contributed by atoms with van der Waals surface area (Å²) in [6.07, 6.45) is 0.865. The van der Waals surface area contributed by atoms with E-state index in [2.05, 4.69) is 13.8 Å².